The predicted octanol–water partition coefficient (Wildman–Crippen LogP) is 0.895. The Labute approximate surface area is 173 Å². The lowest BCUT2D eigenvalue weighted by Gasteiger charge is -2.33. The number of halogens is 7. The minimum atomic E-state index is -6.99. The summed E-state index contributed by atoms with van der Waals surface area (Å²) in [5, 5.41) is 2.00. The molecule has 0 aromatic carbocycles. The fourth-order valence-electron chi connectivity index (χ4n) is 2.38. The number of aliphatic carboxylic acids is 1. The van der Waals surface area contributed by atoms with Crippen LogP contribution in [0.4, 0.5) is 30.7 Å². The monoisotopic (exact) mass is 514 g/mol. The number of rotatable bonds is 13. The largest absolute Gasteiger partial charge is 0.748 e. The number of carboxylic acid groups (broad SMARTS) is 1. The molecule has 31 heavy (non-hydrogen) atoms. The molecule has 0 fully saturated rings. The van der Waals surface area contributed by atoms with Crippen molar-refractivity contribution in [2.24, 2.45) is 0 Å². The van der Waals surface area contributed by atoms with Crippen molar-refractivity contribution in [3.63, 3.8) is 0 Å². The zero-order valence-corrected chi connectivity index (χ0v) is 17.8. The summed E-state index contributed by atoms with van der Waals surface area (Å²) in [4.78, 5) is 10.8. The van der Waals surface area contributed by atoms with E-state index in [2.05, 4.69) is 0 Å². The minimum absolute atomic E-state index is 0.0233. The van der Waals surface area contributed by atoms with Gasteiger partial charge in [0.25, 0.3) is 10.0 Å². The van der Waals surface area contributed by atoms with Crippen molar-refractivity contribution in [3.8, 4) is 0 Å². The van der Waals surface area contributed by atoms with Gasteiger partial charge in [-0.15, -0.1) is 0 Å². The van der Waals surface area contributed by atoms with Crippen LogP contribution in [0.3, 0.4) is 0 Å². The van der Waals surface area contributed by atoms with Gasteiger partial charge in [-0.2, -0.15) is 35.0 Å². The second-order valence-corrected chi connectivity index (χ2v) is 10.7. The Morgan fingerprint density at radius 2 is 1.42 bits per heavy atom. The molecule has 0 heterocycles. The molecule has 0 aliphatic heterocycles. The molecule has 186 valence electrons. The first-order valence-electron chi connectivity index (χ1n) is 8.27. The third kappa shape index (κ3) is 7.99. The number of carbonyl (C=O) groups is 1. The van der Waals surface area contributed by atoms with Crippen molar-refractivity contribution in [2.75, 3.05) is 46.0 Å². The van der Waals surface area contributed by atoms with Crippen LogP contribution in [0.15, 0.2) is 0 Å². The van der Waals surface area contributed by atoms with Gasteiger partial charge in [0, 0.05) is 25.1 Å². The van der Waals surface area contributed by atoms with Gasteiger partial charge in [0.15, 0.2) is 0 Å². The average Bonchev–Trinajstić information content (AvgIpc) is 2.50. The van der Waals surface area contributed by atoms with Gasteiger partial charge in [0.2, 0.25) is 0 Å². The number of hydrogen-bond acceptors (Lipinski definition) is 6. The summed E-state index contributed by atoms with van der Waals surface area (Å²) in [5.74, 6) is -9.80. The lowest BCUT2D eigenvalue weighted by Crippen LogP contribution is -2.60. The van der Waals surface area contributed by atoms with E-state index in [0.29, 0.717) is 0 Å². The fraction of sp³-hybridized carbons (Fsp3) is 0.923. The van der Waals surface area contributed by atoms with Crippen molar-refractivity contribution in [1.29, 1.82) is 0 Å². The number of nitrogens with zero attached hydrogens (tertiary/aromatic N) is 2. The van der Waals surface area contributed by atoms with Crippen LogP contribution in [-0.2, 0) is 24.9 Å². The third-order valence-corrected chi connectivity index (χ3v) is 6.71. The molecule has 0 unspecified atom stereocenters. The van der Waals surface area contributed by atoms with E-state index < -0.39 is 73.0 Å². The quantitative estimate of drug-likeness (QED) is 0.219. The van der Waals surface area contributed by atoms with Crippen LogP contribution < -0.4 is 0 Å². The van der Waals surface area contributed by atoms with E-state index in [9.17, 15) is 56.9 Å². The standard InChI is InChI=1S/C13H21F7N2O7S2/c1-22(2,7-4-8-30(25,26)27)6-3-5-21(9-10(23)24)31(28,29)13(19,20)11(14,15)12(16,17)18/h3-9H2,1-2H3,(H-,23,24,25,26,27). The molecule has 0 atom stereocenters. The second-order valence-electron chi connectivity index (χ2n) is 7.17. The SMILES string of the molecule is C[N+](C)(CCCN(CC(=O)O)S(=O)(=O)C(F)(F)C(F)(F)C(F)(F)F)CCCS(=O)(=O)[O-]. The van der Waals surface area contributed by atoms with Crippen LogP contribution in [0.1, 0.15) is 12.8 Å². The van der Waals surface area contributed by atoms with Gasteiger partial charge < -0.3 is 14.1 Å². The molecule has 18 heteroatoms. The lowest BCUT2D eigenvalue weighted by atomic mass is 10.3. The molecular weight excluding hydrogens is 493 g/mol. The summed E-state index contributed by atoms with van der Waals surface area (Å²) in [5.41, 5.74) is 0. The maximum Gasteiger partial charge on any atom is 0.461 e. The zero-order valence-electron chi connectivity index (χ0n) is 16.2. The first-order chi connectivity index (χ1) is 13.5. The van der Waals surface area contributed by atoms with E-state index >= 15 is 0 Å². The molecular formula is C13H21F7N2O7S2. The molecule has 0 aromatic rings. The second kappa shape index (κ2) is 9.72. The van der Waals surface area contributed by atoms with Gasteiger partial charge in [0.05, 0.1) is 37.3 Å². The highest BCUT2D eigenvalue weighted by atomic mass is 32.2. The van der Waals surface area contributed by atoms with Gasteiger partial charge >= 0.3 is 23.3 Å². The van der Waals surface area contributed by atoms with E-state index in [1.807, 2.05) is 0 Å². The van der Waals surface area contributed by atoms with Crippen molar-refractivity contribution in [2.45, 2.75) is 30.2 Å². The van der Waals surface area contributed by atoms with E-state index in [1.54, 1.807) is 0 Å². The van der Waals surface area contributed by atoms with Crippen LogP contribution in [-0.4, -0.2) is 105 Å². The van der Waals surface area contributed by atoms with Crippen LogP contribution in [0.25, 0.3) is 0 Å². The molecule has 0 aromatic heterocycles. The van der Waals surface area contributed by atoms with Gasteiger partial charge in [-0.3, -0.25) is 4.79 Å². The Kier molecular flexibility index (Phi) is 9.33. The highest BCUT2D eigenvalue weighted by Crippen LogP contribution is 2.49. The smallest absolute Gasteiger partial charge is 0.461 e. The lowest BCUT2D eigenvalue weighted by molar-refractivity contribution is -0.890. The summed E-state index contributed by atoms with van der Waals surface area (Å²) in [7, 11) is -8.40. The molecule has 0 aliphatic rings. The Morgan fingerprint density at radius 3 is 1.81 bits per heavy atom. The highest BCUT2D eigenvalue weighted by Gasteiger charge is 2.79. The Hall–Kier alpha value is -1.24. The highest BCUT2D eigenvalue weighted by molar-refractivity contribution is 7.90. The number of hydrogen-bond donors (Lipinski definition) is 1. The van der Waals surface area contributed by atoms with E-state index in [4.69, 9.17) is 5.11 Å². The molecule has 9 nitrogen and oxygen atoms in total. The number of sulfonamides is 1. The first-order valence-corrected chi connectivity index (χ1v) is 11.3. The van der Waals surface area contributed by atoms with E-state index in [1.165, 1.54) is 14.1 Å². The number of carboxylic acids is 1. The molecule has 1 N–H and O–H groups in total. The van der Waals surface area contributed by atoms with Crippen molar-refractivity contribution >= 4 is 26.1 Å². The van der Waals surface area contributed by atoms with Crippen LogP contribution in [0.2, 0.25) is 0 Å². The van der Waals surface area contributed by atoms with Crippen LogP contribution in [0.5, 0.6) is 0 Å². The normalized spacial score (nSPS) is 14.8. The van der Waals surface area contributed by atoms with Crippen LogP contribution >= 0.6 is 0 Å². The van der Waals surface area contributed by atoms with E-state index in [0.717, 1.165) is 0 Å². The zero-order chi connectivity index (χ0) is 25.1. The first kappa shape index (κ1) is 29.8. The number of alkyl halides is 7. The van der Waals surface area contributed by atoms with Crippen molar-refractivity contribution in [1.82, 2.24) is 4.31 Å². The predicted molar refractivity (Wildman–Crippen MR) is 89.7 cm³/mol. The fourth-order valence-corrected chi connectivity index (χ4v) is 4.28. The summed E-state index contributed by atoms with van der Waals surface area (Å²) in [6.07, 6.45) is -7.53. The Bertz CT molecular complexity index is 843. The van der Waals surface area contributed by atoms with Crippen LogP contribution in [0, 0.1) is 0 Å². The number of quaternary nitrogens is 1. The molecule has 0 saturated heterocycles. The average molecular weight is 514 g/mol. The molecule has 0 saturated carbocycles. The summed E-state index contributed by atoms with van der Waals surface area (Å²) in [6.45, 7) is -3.06. The van der Waals surface area contributed by atoms with Gasteiger partial charge in [-0.25, -0.2) is 16.8 Å². The Balaban J connectivity index is 5.51. The summed E-state index contributed by atoms with van der Waals surface area (Å²) < 4.78 is 145. The summed E-state index contributed by atoms with van der Waals surface area (Å²) >= 11 is 0. The maximum atomic E-state index is 13.7. The Morgan fingerprint density at radius 1 is 0.968 bits per heavy atom. The molecule has 0 radical (unpaired) electrons. The van der Waals surface area contributed by atoms with Gasteiger partial charge in [-0.1, -0.05) is 0 Å². The van der Waals surface area contributed by atoms with Gasteiger partial charge in [0.1, 0.15) is 6.54 Å². The topological polar surface area (TPSA) is 132 Å². The summed E-state index contributed by atoms with van der Waals surface area (Å²) in [6, 6.07) is 0. The van der Waals surface area contributed by atoms with Crippen molar-refractivity contribution < 1.29 is 66.5 Å². The van der Waals surface area contributed by atoms with Crippen molar-refractivity contribution in [3.05, 3.63) is 0 Å². The molecule has 0 rings (SSSR count). The maximum absolute atomic E-state index is 13.7. The van der Waals surface area contributed by atoms with E-state index in [-0.39, 0.29) is 24.0 Å². The molecule has 0 aliphatic carbocycles. The minimum Gasteiger partial charge on any atom is -0.748 e. The third-order valence-electron chi connectivity index (χ3n) is 4.03. The van der Waals surface area contributed by atoms with Gasteiger partial charge in [-0.05, 0) is 0 Å². The molecule has 0 spiro atoms. The molecule has 0 bridgehead atoms. The molecule has 0 amide bonds.